The zero-order chi connectivity index (χ0) is 17.9. The number of hydrogen-bond donors (Lipinski definition) is 2. The molecular weight excluding hydrogens is 332 g/mol. The van der Waals surface area contributed by atoms with Crippen LogP contribution in [-0.4, -0.2) is 62.3 Å². The molecule has 1 fully saturated rings. The zero-order valence-corrected chi connectivity index (χ0v) is 14.7. The van der Waals surface area contributed by atoms with E-state index in [1.54, 1.807) is 18.2 Å². The maximum atomic E-state index is 12.3. The second-order valence-corrected chi connectivity index (χ2v) is 7.27. The summed E-state index contributed by atoms with van der Waals surface area (Å²) in [5.41, 5.74) is 3.54. The molecule has 3 aromatic rings. The van der Waals surface area contributed by atoms with Crippen LogP contribution in [0.15, 0.2) is 30.9 Å². The highest BCUT2D eigenvalue weighted by molar-refractivity contribution is 6.02. The summed E-state index contributed by atoms with van der Waals surface area (Å²) in [4.78, 5) is 26.1. The van der Waals surface area contributed by atoms with Crippen molar-refractivity contribution in [2.45, 2.75) is 25.0 Å². The predicted molar refractivity (Wildman–Crippen MR) is 97.6 cm³/mol. The Hall–Kier alpha value is -2.87. The number of aromatic nitrogens is 4. The molecule has 0 bridgehead atoms. The Balaban J connectivity index is 1.39. The molecule has 0 radical (unpaired) electrons. The number of rotatable bonds is 3. The van der Waals surface area contributed by atoms with Gasteiger partial charge >= 0.3 is 6.03 Å². The second-order valence-electron chi connectivity index (χ2n) is 7.27. The van der Waals surface area contributed by atoms with E-state index < -0.39 is 0 Å². The highest BCUT2D eigenvalue weighted by Crippen LogP contribution is 2.36. The lowest BCUT2D eigenvalue weighted by Gasteiger charge is -2.43. The van der Waals surface area contributed by atoms with Crippen molar-refractivity contribution < 1.29 is 9.53 Å². The molecule has 4 heterocycles. The van der Waals surface area contributed by atoms with Gasteiger partial charge in [0.1, 0.15) is 17.5 Å². The van der Waals surface area contributed by atoms with Gasteiger partial charge in [0.25, 0.3) is 0 Å². The number of ether oxygens (including phenoxy) is 1. The van der Waals surface area contributed by atoms with Crippen molar-refractivity contribution in [2.24, 2.45) is 0 Å². The molecule has 3 aromatic heterocycles. The van der Waals surface area contributed by atoms with Gasteiger partial charge in [0.05, 0.1) is 36.4 Å². The fourth-order valence-corrected chi connectivity index (χ4v) is 3.75. The number of imidazole rings is 1. The number of pyridine rings is 1. The van der Waals surface area contributed by atoms with Crippen LogP contribution in [0.3, 0.4) is 0 Å². The number of H-pyrrole nitrogens is 1. The lowest BCUT2D eigenvalue weighted by molar-refractivity contribution is -0.00879. The van der Waals surface area contributed by atoms with E-state index in [0.717, 1.165) is 34.2 Å². The first kappa shape index (κ1) is 15.4. The Kier molecular flexibility index (Phi) is 3.14. The molecule has 8 nitrogen and oxygen atoms in total. The van der Waals surface area contributed by atoms with Crippen molar-refractivity contribution in [1.29, 1.82) is 0 Å². The van der Waals surface area contributed by atoms with Crippen LogP contribution >= 0.6 is 0 Å². The Morgan fingerprint density at radius 3 is 3.00 bits per heavy atom. The van der Waals surface area contributed by atoms with Crippen LogP contribution in [-0.2, 0) is 4.74 Å². The molecule has 2 aliphatic rings. The SMILES string of the molecule is COC1CN(C(=O)NC2(C)C=C(n3cnc4cnc5[nH]ccc5c43)C2)C1. The van der Waals surface area contributed by atoms with Crippen LogP contribution in [0.5, 0.6) is 0 Å². The van der Waals surface area contributed by atoms with E-state index in [1.165, 1.54) is 0 Å². The largest absolute Gasteiger partial charge is 0.378 e. The standard InChI is InChI=1S/C18H20N6O2/c1-18(22-17(25)23-8-12(9-23)26-2)5-11(6-18)24-10-21-14-7-20-16-13(15(14)24)3-4-19-16/h3-5,7,10,12H,6,8-9H2,1-2H3,(H,19,20)(H,22,25). The molecular formula is C18H20N6O2. The van der Waals surface area contributed by atoms with E-state index in [9.17, 15) is 4.79 Å². The maximum absolute atomic E-state index is 12.3. The predicted octanol–water partition coefficient (Wildman–Crippen LogP) is 1.96. The van der Waals surface area contributed by atoms with E-state index in [4.69, 9.17) is 4.74 Å². The zero-order valence-electron chi connectivity index (χ0n) is 14.7. The number of urea groups is 1. The van der Waals surface area contributed by atoms with Gasteiger partial charge < -0.3 is 24.5 Å². The number of fused-ring (bicyclic) bond motifs is 3. The molecule has 0 saturated carbocycles. The Bertz CT molecular complexity index is 1040. The van der Waals surface area contributed by atoms with Crippen LogP contribution < -0.4 is 5.32 Å². The van der Waals surface area contributed by atoms with Crippen molar-refractivity contribution in [3.63, 3.8) is 0 Å². The molecule has 0 spiro atoms. The van der Waals surface area contributed by atoms with Gasteiger partial charge in [0.2, 0.25) is 0 Å². The first-order chi connectivity index (χ1) is 12.6. The van der Waals surface area contributed by atoms with Gasteiger partial charge in [-0.2, -0.15) is 0 Å². The van der Waals surface area contributed by atoms with E-state index in [1.807, 2.05) is 25.5 Å². The molecule has 1 saturated heterocycles. The fraction of sp³-hybridized carbons (Fsp3) is 0.389. The molecule has 2 N–H and O–H groups in total. The minimum Gasteiger partial charge on any atom is -0.378 e. The van der Waals surface area contributed by atoms with Gasteiger partial charge in [-0.05, 0) is 19.1 Å². The summed E-state index contributed by atoms with van der Waals surface area (Å²) >= 11 is 0. The minimum absolute atomic E-state index is 0.0381. The molecule has 1 atom stereocenters. The summed E-state index contributed by atoms with van der Waals surface area (Å²) in [7, 11) is 1.68. The van der Waals surface area contributed by atoms with Gasteiger partial charge in [-0.25, -0.2) is 14.8 Å². The van der Waals surface area contributed by atoms with Crippen molar-refractivity contribution in [2.75, 3.05) is 20.2 Å². The number of aromatic amines is 1. The lowest BCUT2D eigenvalue weighted by Crippen LogP contribution is -2.61. The van der Waals surface area contributed by atoms with E-state index in [0.29, 0.717) is 13.1 Å². The number of hydrogen-bond acceptors (Lipinski definition) is 4. The van der Waals surface area contributed by atoms with Gasteiger partial charge in [-0.1, -0.05) is 0 Å². The number of methoxy groups -OCH3 is 1. The normalized spacial score (nSPS) is 23.0. The third-order valence-corrected chi connectivity index (χ3v) is 5.30. The Labute approximate surface area is 149 Å². The van der Waals surface area contributed by atoms with Crippen LogP contribution in [0.2, 0.25) is 0 Å². The summed E-state index contributed by atoms with van der Waals surface area (Å²) in [6, 6.07) is 1.97. The third-order valence-electron chi connectivity index (χ3n) is 5.30. The number of carbonyl (C=O) groups is 1. The van der Waals surface area contributed by atoms with Gasteiger partial charge in [0.15, 0.2) is 0 Å². The quantitative estimate of drug-likeness (QED) is 0.754. The first-order valence-corrected chi connectivity index (χ1v) is 8.67. The van der Waals surface area contributed by atoms with E-state index in [-0.39, 0.29) is 17.7 Å². The monoisotopic (exact) mass is 352 g/mol. The maximum Gasteiger partial charge on any atom is 0.318 e. The highest BCUT2D eigenvalue weighted by Gasteiger charge is 2.38. The topological polar surface area (TPSA) is 88.1 Å². The van der Waals surface area contributed by atoms with Crippen molar-refractivity contribution in [3.8, 4) is 0 Å². The third kappa shape index (κ3) is 2.22. The first-order valence-electron chi connectivity index (χ1n) is 8.67. The number of carbonyl (C=O) groups excluding carboxylic acids is 1. The Morgan fingerprint density at radius 1 is 1.42 bits per heavy atom. The lowest BCUT2D eigenvalue weighted by atomic mass is 9.84. The Morgan fingerprint density at radius 2 is 2.23 bits per heavy atom. The molecule has 2 amide bonds. The van der Waals surface area contributed by atoms with Gasteiger partial charge in [0, 0.05) is 30.8 Å². The van der Waals surface area contributed by atoms with Crippen molar-refractivity contribution >= 4 is 33.8 Å². The number of amides is 2. The number of likely N-dealkylation sites (tertiary alicyclic amines) is 1. The smallest absolute Gasteiger partial charge is 0.318 e. The summed E-state index contributed by atoms with van der Waals surface area (Å²) < 4.78 is 7.31. The highest BCUT2D eigenvalue weighted by atomic mass is 16.5. The molecule has 8 heteroatoms. The average Bonchev–Trinajstić information content (AvgIpc) is 3.17. The second kappa shape index (κ2) is 5.31. The van der Waals surface area contributed by atoms with E-state index >= 15 is 0 Å². The number of nitrogens with one attached hydrogen (secondary N) is 2. The van der Waals surface area contributed by atoms with Gasteiger partial charge in [-0.15, -0.1) is 0 Å². The van der Waals surface area contributed by atoms with Crippen molar-refractivity contribution in [1.82, 2.24) is 29.7 Å². The van der Waals surface area contributed by atoms with E-state index in [2.05, 4.69) is 30.9 Å². The molecule has 1 unspecified atom stereocenters. The van der Waals surface area contributed by atoms with Crippen LogP contribution in [0.4, 0.5) is 4.79 Å². The molecule has 1 aliphatic heterocycles. The molecule has 5 rings (SSSR count). The van der Waals surface area contributed by atoms with Crippen LogP contribution in [0.1, 0.15) is 13.3 Å². The average molecular weight is 352 g/mol. The number of nitrogens with zero attached hydrogens (tertiary/aromatic N) is 4. The summed E-state index contributed by atoms with van der Waals surface area (Å²) in [5, 5.41) is 4.16. The molecule has 26 heavy (non-hydrogen) atoms. The molecule has 1 aliphatic carbocycles. The van der Waals surface area contributed by atoms with Crippen LogP contribution in [0.25, 0.3) is 27.8 Å². The minimum atomic E-state index is -0.342. The summed E-state index contributed by atoms with van der Waals surface area (Å²) in [5.74, 6) is 0. The molecule has 0 aromatic carbocycles. The van der Waals surface area contributed by atoms with Gasteiger partial charge in [-0.3, -0.25) is 0 Å². The van der Waals surface area contributed by atoms with Crippen molar-refractivity contribution in [3.05, 3.63) is 30.9 Å². The molecule has 134 valence electrons. The summed E-state index contributed by atoms with van der Waals surface area (Å²) in [6.45, 7) is 3.34. The fourth-order valence-electron chi connectivity index (χ4n) is 3.75. The van der Waals surface area contributed by atoms with Crippen LogP contribution in [0, 0.1) is 0 Å². The summed E-state index contributed by atoms with van der Waals surface area (Å²) in [6.07, 6.45) is 8.49.